The molecule has 1 atom stereocenters. The average molecular weight is 411 g/mol. The van der Waals surface area contributed by atoms with Crippen molar-refractivity contribution in [3.8, 4) is 0 Å². The van der Waals surface area contributed by atoms with Gasteiger partial charge in [0.1, 0.15) is 28.4 Å². The van der Waals surface area contributed by atoms with E-state index in [2.05, 4.69) is 36.3 Å². The lowest BCUT2D eigenvalue weighted by Gasteiger charge is -2.26. The zero-order valence-corrected chi connectivity index (χ0v) is 15.5. The maximum absolute atomic E-state index is 14.2. The predicted molar refractivity (Wildman–Crippen MR) is 95.3 cm³/mol. The highest BCUT2D eigenvalue weighted by atomic mass is 79.9. The summed E-state index contributed by atoms with van der Waals surface area (Å²) in [5.41, 5.74) is 0.679. The van der Waals surface area contributed by atoms with Gasteiger partial charge in [-0.25, -0.2) is 23.4 Å². The first-order valence-electron chi connectivity index (χ1n) is 7.57. The van der Waals surface area contributed by atoms with E-state index in [1.807, 2.05) is 0 Å². The van der Waals surface area contributed by atoms with Gasteiger partial charge < -0.3 is 10.2 Å². The van der Waals surface area contributed by atoms with E-state index in [0.717, 1.165) is 5.39 Å². The summed E-state index contributed by atoms with van der Waals surface area (Å²) in [6.45, 7) is 0.262. The number of likely N-dealkylation sites (N-methyl/N-ethyl adjacent to an activating group) is 1. The summed E-state index contributed by atoms with van der Waals surface area (Å²) in [7, 11) is 5.32. The van der Waals surface area contributed by atoms with E-state index in [1.54, 1.807) is 30.7 Å². The van der Waals surface area contributed by atoms with Gasteiger partial charge in [-0.05, 0) is 42.2 Å². The van der Waals surface area contributed by atoms with Gasteiger partial charge in [-0.1, -0.05) is 6.07 Å². The minimum absolute atomic E-state index is 0.0237. The minimum Gasteiger partial charge on any atom is -0.367 e. The Labute approximate surface area is 152 Å². The molecule has 0 aliphatic rings. The molecule has 3 rings (SSSR count). The van der Waals surface area contributed by atoms with E-state index < -0.39 is 17.7 Å². The van der Waals surface area contributed by atoms with Gasteiger partial charge in [0, 0.05) is 19.2 Å². The van der Waals surface area contributed by atoms with Crippen molar-refractivity contribution in [3.63, 3.8) is 0 Å². The monoisotopic (exact) mass is 410 g/mol. The summed E-state index contributed by atoms with van der Waals surface area (Å²) in [6.07, 6.45) is 1.42. The number of rotatable bonds is 5. The molecule has 1 aromatic carbocycles. The summed E-state index contributed by atoms with van der Waals surface area (Å²) in [6, 6.07) is 3.36. The van der Waals surface area contributed by atoms with Gasteiger partial charge >= 0.3 is 0 Å². The normalized spacial score (nSPS) is 12.8. The first kappa shape index (κ1) is 17.7. The van der Waals surface area contributed by atoms with Gasteiger partial charge in [-0.2, -0.15) is 5.10 Å². The third kappa shape index (κ3) is 3.34. The first-order valence-corrected chi connectivity index (χ1v) is 8.37. The van der Waals surface area contributed by atoms with Crippen molar-refractivity contribution >= 4 is 32.8 Å². The Hall–Kier alpha value is -2.13. The van der Waals surface area contributed by atoms with Crippen molar-refractivity contribution in [2.24, 2.45) is 7.05 Å². The van der Waals surface area contributed by atoms with Crippen LogP contribution in [0.25, 0.3) is 11.0 Å². The number of aromatic nitrogens is 4. The predicted octanol–water partition coefficient (Wildman–Crippen LogP) is 3.12. The number of aryl methyl sites for hydroxylation is 1. The van der Waals surface area contributed by atoms with Crippen molar-refractivity contribution < 1.29 is 8.78 Å². The molecular weight excluding hydrogens is 394 g/mol. The van der Waals surface area contributed by atoms with Gasteiger partial charge in [0.05, 0.1) is 11.4 Å². The van der Waals surface area contributed by atoms with Crippen LogP contribution in [0, 0.1) is 11.6 Å². The average Bonchev–Trinajstić information content (AvgIpc) is 2.85. The topological polar surface area (TPSA) is 58.9 Å². The van der Waals surface area contributed by atoms with Crippen LogP contribution in [0.4, 0.5) is 14.6 Å². The van der Waals surface area contributed by atoms with Crippen LogP contribution < -0.4 is 5.32 Å². The van der Waals surface area contributed by atoms with Crippen LogP contribution in [-0.4, -0.2) is 45.3 Å². The van der Waals surface area contributed by atoms with E-state index in [4.69, 9.17) is 0 Å². The quantitative estimate of drug-likeness (QED) is 0.699. The summed E-state index contributed by atoms with van der Waals surface area (Å²) < 4.78 is 30.6. The summed E-state index contributed by atoms with van der Waals surface area (Å²) in [4.78, 5) is 10.2. The molecule has 0 radical (unpaired) electrons. The fraction of sp³-hybridized carbons (Fsp3) is 0.312. The second kappa shape index (κ2) is 7.01. The molecule has 9 heteroatoms. The molecule has 6 nitrogen and oxygen atoms in total. The molecule has 132 valence electrons. The Morgan fingerprint density at radius 1 is 1.24 bits per heavy atom. The molecular formula is C16H17BrF2N6. The highest BCUT2D eigenvalue weighted by Gasteiger charge is 2.23. The standard InChI is InChI=1S/C16H17BrF2N6/c1-24(2)11(12-9(18)5-4-6-10(12)19)7-20-15-13-14(17)23-25(3)16(13)22-8-21-15/h4-6,8,11H,7H2,1-3H3,(H,20,21,22). The molecule has 0 spiro atoms. The molecule has 0 bridgehead atoms. The van der Waals surface area contributed by atoms with E-state index in [0.29, 0.717) is 16.1 Å². The van der Waals surface area contributed by atoms with E-state index in [1.165, 1.54) is 24.5 Å². The number of halogens is 3. The van der Waals surface area contributed by atoms with E-state index in [-0.39, 0.29) is 12.1 Å². The summed E-state index contributed by atoms with van der Waals surface area (Å²) in [5, 5.41) is 8.15. The molecule has 25 heavy (non-hydrogen) atoms. The van der Waals surface area contributed by atoms with Crippen molar-refractivity contribution in [1.82, 2.24) is 24.6 Å². The maximum Gasteiger partial charge on any atom is 0.164 e. The molecule has 2 aromatic heterocycles. The molecule has 0 amide bonds. The Morgan fingerprint density at radius 3 is 2.56 bits per heavy atom. The van der Waals surface area contributed by atoms with Gasteiger partial charge in [0.25, 0.3) is 0 Å². The lowest BCUT2D eigenvalue weighted by molar-refractivity contribution is 0.295. The highest BCUT2D eigenvalue weighted by molar-refractivity contribution is 9.10. The fourth-order valence-electron chi connectivity index (χ4n) is 2.74. The second-order valence-corrected chi connectivity index (χ2v) is 6.58. The zero-order valence-electron chi connectivity index (χ0n) is 14.0. The van der Waals surface area contributed by atoms with Crippen molar-refractivity contribution in [2.45, 2.75) is 6.04 Å². The molecule has 1 unspecified atom stereocenters. The molecule has 0 saturated carbocycles. The van der Waals surface area contributed by atoms with Crippen LogP contribution >= 0.6 is 15.9 Å². The molecule has 0 saturated heterocycles. The zero-order chi connectivity index (χ0) is 18.1. The smallest absolute Gasteiger partial charge is 0.164 e. The van der Waals surface area contributed by atoms with Crippen molar-refractivity contribution in [2.75, 3.05) is 26.0 Å². The fourth-order valence-corrected chi connectivity index (χ4v) is 3.34. The van der Waals surface area contributed by atoms with Gasteiger partial charge in [0.2, 0.25) is 0 Å². The number of hydrogen-bond donors (Lipinski definition) is 1. The Bertz CT molecular complexity index is 891. The molecule has 3 aromatic rings. The number of benzene rings is 1. The molecule has 0 aliphatic heterocycles. The lowest BCUT2D eigenvalue weighted by Crippen LogP contribution is -2.29. The number of nitrogens with zero attached hydrogens (tertiary/aromatic N) is 5. The van der Waals surface area contributed by atoms with Crippen molar-refractivity contribution in [3.05, 3.63) is 46.3 Å². The minimum atomic E-state index is -0.573. The van der Waals surface area contributed by atoms with Crippen LogP contribution in [0.5, 0.6) is 0 Å². The van der Waals surface area contributed by atoms with E-state index >= 15 is 0 Å². The molecule has 0 aliphatic carbocycles. The summed E-state index contributed by atoms with van der Waals surface area (Å²) >= 11 is 3.39. The van der Waals surface area contributed by atoms with Gasteiger partial charge in [-0.3, -0.25) is 0 Å². The van der Waals surface area contributed by atoms with Gasteiger partial charge in [0.15, 0.2) is 5.65 Å². The second-order valence-electron chi connectivity index (χ2n) is 5.83. The molecule has 2 heterocycles. The summed E-state index contributed by atoms with van der Waals surface area (Å²) in [5.74, 6) is -0.597. The first-order chi connectivity index (χ1) is 11.9. The van der Waals surface area contributed by atoms with Crippen molar-refractivity contribution in [1.29, 1.82) is 0 Å². The van der Waals surface area contributed by atoms with Crippen LogP contribution in [0.2, 0.25) is 0 Å². The SMILES string of the molecule is CN(C)C(CNc1ncnc2c1c(Br)nn2C)c1c(F)cccc1F. The van der Waals surface area contributed by atoms with Crippen LogP contribution in [0.1, 0.15) is 11.6 Å². The third-order valence-electron chi connectivity index (χ3n) is 4.00. The molecule has 1 N–H and O–H groups in total. The highest BCUT2D eigenvalue weighted by Crippen LogP contribution is 2.29. The molecule has 0 fully saturated rings. The Morgan fingerprint density at radius 2 is 1.92 bits per heavy atom. The Balaban J connectivity index is 1.93. The number of hydrogen-bond acceptors (Lipinski definition) is 5. The lowest BCUT2D eigenvalue weighted by atomic mass is 10.0. The van der Waals surface area contributed by atoms with Crippen LogP contribution in [0.15, 0.2) is 29.1 Å². The number of anilines is 1. The van der Waals surface area contributed by atoms with E-state index in [9.17, 15) is 8.78 Å². The maximum atomic E-state index is 14.2. The van der Waals surface area contributed by atoms with Crippen LogP contribution in [-0.2, 0) is 7.05 Å². The Kier molecular flexibility index (Phi) is 4.96. The van der Waals surface area contributed by atoms with Crippen LogP contribution in [0.3, 0.4) is 0 Å². The largest absolute Gasteiger partial charge is 0.367 e. The number of nitrogens with one attached hydrogen (secondary N) is 1. The number of fused-ring (bicyclic) bond motifs is 1. The van der Waals surface area contributed by atoms with Gasteiger partial charge in [-0.15, -0.1) is 0 Å². The third-order valence-corrected chi connectivity index (χ3v) is 4.55.